The van der Waals surface area contributed by atoms with Crippen LogP contribution in [0.3, 0.4) is 0 Å². The van der Waals surface area contributed by atoms with Gasteiger partial charge in [-0.3, -0.25) is 4.79 Å². The third-order valence-electron chi connectivity index (χ3n) is 3.83. The molecule has 0 spiro atoms. The fourth-order valence-corrected chi connectivity index (χ4v) is 2.46. The van der Waals surface area contributed by atoms with Gasteiger partial charge in [-0.1, -0.05) is 0 Å². The summed E-state index contributed by atoms with van der Waals surface area (Å²) < 4.78 is 29.0. The van der Waals surface area contributed by atoms with Crippen molar-refractivity contribution < 1.29 is 23.1 Å². The number of halogens is 1. The fraction of sp³-hybridized carbons (Fsp3) is 0.0952. The summed E-state index contributed by atoms with van der Waals surface area (Å²) in [5.74, 6) is 1.63. The van der Waals surface area contributed by atoms with Crippen molar-refractivity contribution in [2.24, 2.45) is 0 Å². The average Bonchev–Trinajstić information content (AvgIpc) is 3.15. The van der Waals surface area contributed by atoms with Crippen LogP contribution in [-0.2, 0) is 0 Å². The highest BCUT2D eigenvalue weighted by Gasteiger charge is 2.11. The Labute approximate surface area is 150 Å². The molecule has 0 aliphatic heterocycles. The average molecular weight is 352 g/mol. The number of furan rings is 1. The molecule has 0 bridgehead atoms. The second-order valence-electron chi connectivity index (χ2n) is 5.47. The zero-order valence-electron chi connectivity index (χ0n) is 14.4. The summed E-state index contributed by atoms with van der Waals surface area (Å²) >= 11 is 0. The SMILES string of the molecule is COc1ccc(C(=O)C=Cc2ccc(-c3ccc(F)cc3)o2)c(OC)c1. The van der Waals surface area contributed by atoms with Crippen molar-refractivity contribution >= 4 is 11.9 Å². The Morgan fingerprint density at radius 3 is 2.46 bits per heavy atom. The lowest BCUT2D eigenvalue weighted by atomic mass is 10.1. The summed E-state index contributed by atoms with van der Waals surface area (Å²) in [6, 6.07) is 14.5. The molecule has 0 aliphatic carbocycles. The molecule has 4 nitrogen and oxygen atoms in total. The van der Waals surface area contributed by atoms with Gasteiger partial charge in [0, 0.05) is 11.6 Å². The lowest BCUT2D eigenvalue weighted by Gasteiger charge is -2.07. The third-order valence-corrected chi connectivity index (χ3v) is 3.83. The van der Waals surface area contributed by atoms with Crippen molar-refractivity contribution in [2.45, 2.75) is 0 Å². The smallest absolute Gasteiger partial charge is 0.189 e. The van der Waals surface area contributed by atoms with Crippen LogP contribution in [0.2, 0.25) is 0 Å². The summed E-state index contributed by atoms with van der Waals surface area (Å²) in [5, 5.41) is 0. The van der Waals surface area contributed by atoms with E-state index < -0.39 is 0 Å². The van der Waals surface area contributed by atoms with E-state index in [0.29, 0.717) is 28.6 Å². The van der Waals surface area contributed by atoms with E-state index in [-0.39, 0.29) is 11.6 Å². The lowest BCUT2D eigenvalue weighted by Crippen LogP contribution is -1.99. The minimum Gasteiger partial charge on any atom is -0.497 e. The van der Waals surface area contributed by atoms with Gasteiger partial charge in [-0.05, 0) is 60.7 Å². The highest BCUT2D eigenvalue weighted by Crippen LogP contribution is 2.26. The highest BCUT2D eigenvalue weighted by molar-refractivity contribution is 6.08. The molecule has 0 unspecified atom stereocenters. The van der Waals surface area contributed by atoms with Crippen molar-refractivity contribution in [1.82, 2.24) is 0 Å². The number of hydrogen-bond donors (Lipinski definition) is 0. The van der Waals surface area contributed by atoms with Crippen LogP contribution in [0.5, 0.6) is 11.5 Å². The zero-order valence-corrected chi connectivity index (χ0v) is 14.4. The quantitative estimate of drug-likeness (QED) is 0.463. The molecule has 5 heteroatoms. The molecule has 0 N–H and O–H groups in total. The van der Waals surface area contributed by atoms with E-state index >= 15 is 0 Å². The Kier molecular flexibility index (Phi) is 5.17. The molecule has 3 rings (SSSR count). The predicted octanol–water partition coefficient (Wildman–Crippen LogP) is 5.00. The van der Waals surface area contributed by atoms with Gasteiger partial charge in [-0.25, -0.2) is 4.39 Å². The summed E-state index contributed by atoms with van der Waals surface area (Å²) in [6.45, 7) is 0. The van der Waals surface area contributed by atoms with Gasteiger partial charge in [0.2, 0.25) is 0 Å². The molecular weight excluding hydrogens is 335 g/mol. The van der Waals surface area contributed by atoms with Crippen LogP contribution in [0, 0.1) is 5.82 Å². The van der Waals surface area contributed by atoms with Crippen LogP contribution in [0.15, 0.2) is 65.1 Å². The summed E-state index contributed by atoms with van der Waals surface area (Å²) in [6.07, 6.45) is 3.00. The van der Waals surface area contributed by atoms with Crippen LogP contribution >= 0.6 is 0 Å². The molecule has 0 atom stereocenters. The zero-order chi connectivity index (χ0) is 18.5. The first-order chi connectivity index (χ1) is 12.6. The van der Waals surface area contributed by atoms with E-state index in [4.69, 9.17) is 13.9 Å². The molecule has 0 fully saturated rings. The Morgan fingerprint density at radius 2 is 1.77 bits per heavy atom. The first kappa shape index (κ1) is 17.5. The van der Waals surface area contributed by atoms with Crippen molar-refractivity contribution in [2.75, 3.05) is 14.2 Å². The van der Waals surface area contributed by atoms with Gasteiger partial charge in [0.1, 0.15) is 28.8 Å². The number of benzene rings is 2. The number of carbonyl (C=O) groups is 1. The van der Waals surface area contributed by atoms with Crippen LogP contribution in [-0.4, -0.2) is 20.0 Å². The van der Waals surface area contributed by atoms with Gasteiger partial charge in [0.25, 0.3) is 0 Å². The number of ether oxygens (including phenoxy) is 2. The number of allylic oxidation sites excluding steroid dienone is 1. The molecule has 3 aromatic rings. The minimum atomic E-state index is -0.306. The van der Waals surface area contributed by atoms with E-state index in [9.17, 15) is 9.18 Å². The Balaban J connectivity index is 1.78. The van der Waals surface area contributed by atoms with Crippen LogP contribution in [0.4, 0.5) is 4.39 Å². The standard InChI is InChI=1S/C21H17FO4/c1-24-17-7-10-18(21(13-17)25-2)19(23)11-8-16-9-12-20(26-16)14-3-5-15(22)6-4-14/h3-13H,1-2H3. The topological polar surface area (TPSA) is 48.7 Å². The molecule has 0 saturated carbocycles. The van der Waals surface area contributed by atoms with Gasteiger partial charge >= 0.3 is 0 Å². The number of methoxy groups -OCH3 is 2. The first-order valence-corrected chi connectivity index (χ1v) is 7.91. The van der Waals surface area contributed by atoms with Crippen LogP contribution in [0.25, 0.3) is 17.4 Å². The molecule has 2 aromatic carbocycles. The molecule has 26 heavy (non-hydrogen) atoms. The van der Waals surface area contributed by atoms with Gasteiger partial charge in [0.05, 0.1) is 19.8 Å². The number of ketones is 1. The number of rotatable bonds is 6. The normalized spacial score (nSPS) is 10.9. The van der Waals surface area contributed by atoms with E-state index in [1.54, 1.807) is 55.7 Å². The van der Waals surface area contributed by atoms with Crippen LogP contribution in [0.1, 0.15) is 16.1 Å². The van der Waals surface area contributed by atoms with Gasteiger partial charge in [0.15, 0.2) is 5.78 Å². The van der Waals surface area contributed by atoms with Gasteiger partial charge in [-0.15, -0.1) is 0 Å². The largest absolute Gasteiger partial charge is 0.497 e. The third kappa shape index (κ3) is 3.83. The van der Waals surface area contributed by atoms with Crippen molar-refractivity contribution in [1.29, 1.82) is 0 Å². The molecule has 0 amide bonds. The van der Waals surface area contributed by atoms with E-state index in [1.807, 2.05) is 0 Å². The fourth-order valence-electron chi connectivity index (χ4n) is 2.46. The monoisotopic (exact) mass is 352 g/mol. The van der Waals surface area contributed by atoms with Crippen molar-refractivity contribution in [3.63, 3.8) is 0 Å². The van der Waals surface area contributed by atoms with Gasteiger partial charge in [-0.2, -0.15) is 0 Å². The maximum Gasteiger partial charge on any atom is 0.189 e. The van der Waals surface area contributed by atoms with Crippen LogP contribution < -0.4 is 9.47 Å². The summed E-state index contributed by atoms with van der Waals surface area (Å²) in [5.41, 5.74) is 1.18. The molecule has 0 radical (unpaired) electrons. The number of hydrogen-bond acceptors (Lipinski definition) is 4. The Hall–Kier alpha value is -3.34. The Bertz CT molecular complexity index is 939. The molecule has 1 aromatic heterocycles. The number of carbonyl (C=O) groups excluding carboxylic acids is 1. The highest BCUT2D eigenvalue weighted by atomic mass is 19.1. The maximum atomic E-state index is 13.0. The molecule has 132 valence electrons. The van der Waals surface area contributed by atoms with Crippen molar-refractivity contribution in [3.8, 4) is 22.8 Å². The minimum absolute atomic E-state index is 0.218. The summed E-state index contributed by atoms with van der Waals surface area (Å²) in [7, 11) is 3.04. The molecule has 1 heterocycles. The molecule has 0 saturated heterocycles. The molecule has 0 aliphatic rings. The second kappa shape index (κ2) is 7.70. The van der Waals surface area contributed by atoms with Crippen molar-refractivity contribution in [3.05, 3.63) is 77.8 Å². The van der Waals surface area contributed by atoms with E-state index in [0.717, 1.165) is 5.56 Å². The Morgan fingerprint density at radius 1 is 1.00 bits per heavy atom. The predicted molar refractivity (Wildman–Crippen MR) is 97.0 cm³/mol. The maximum absolute atomic E-state index is 13.0. The summed E-state index contributed by atoms with van der Waals surface area (Å²) in [4.78, 5) is 12.4. The van der Waals surface area contributed by atoms with E-state index in [2.05, 4.69) is 0 Å². The second-order valence-corrected chi connectivity index (χ2v) is 5.47. The first-order valence-electron chi connectivity index (χ1n) is 7.91. The van der Waals surface area contributed by atoms with Gasteiger partial charge < -0.3 is 13.9 Å². The molecular formula is C21H17FO4. The van der Waals surface area contributed by atoms with E-state index in [1.165, 1.54) is 25.3 Å². The lowest BCUT2D eigenvalue weighted by molar-refractivity contribution is 0.104.